The summed E-state index contributed by atoms with van der Waals surface area (Å²) < 4.78 is 1.69. The number of fused-ring (bicyclic) bond motifs is 1. The van der Waals surface area contributed by atoms with Gasteiger partial charge in [-0.25, -0.2) is 4.68 Å². The van der Waals surface area contributed by atoms with E-state index < -0.39 is 0 Å². The molecule has 1 aliphatic rings. The fourth-order valence-electron chi connectivity index (χ4n) is 3.50. The summed E-state index contributed by atoms with van der Waals surface area (Å²) in [6.07, 6.45) is 3.86. The minimum atomic E-state index is -0.277. The van der Waals surface area contributed by atoms with Crippen LogP contribution < -0.4 is 16.4 Å². The second-order valence-electron chi connectivity index (χ2n) is 7.00. The SMILES string of the molecule is C=CC(=O)Nc1cc(C)cc(-n2cc(-c3ccc4c(c3)CCNC4=O)c(N)n2)c1. The molecule has 0 unspecified atom stereocenters. The monoisotopic (exact) mass is 387 g/mol. The van der Waals surface area contributed by atoms with Gasteiger partial charge in [-0.3, -0.25) is 9.59 Å². The number of rotatable bonds is 4. The molecule has 0 radical (unpaired) electrons. The highest BCUT2D eigenvalue weighted by Crippen LogP contribution is 2.30. The fraction of sp³-hybridized carbons (Fsp3) is 0.136. The molecule has 0 saturated heterocycles. The van der Waals surface area contributed by atoms with E-state index in [9.17, 15) is 9.59 Å². The van der Waals surface area contributed by atoms with Crippen LogP contribution in [0.4, 0.5) is 11.5 Å². The minimum absolute atomic E-state index is 0.0460. The number of nitrogen functional groups attached to an aromatic ring is 1. The van der Waals surface area contributed by atoms with E-state index in [1.807, 2.05) is 49.5 Å². The summed E-state index contributed by atoms with van der Waals surface area (Å²) in [7, 11) is 0. The van der Waals surface area contributed by atoms with Crippen LogP contribution in [0, 0.1) is 6.92 Å². The van der Waals surface area contributed by atoms with Gasteiger partial charge >= 0.3 is 0 Å². The van der Waals surface area contributed by atoms with Gasteiger partial charge in [0.2, 0.25) is 5.91 Å². The lowest BCUT2D eigenvalue weighted by Crippen LogP contribution is -2.31. The molecule has 0 fully saturated rings. The van der Waals surface area contributed by atoms with Gasteiger partial charge in [0.15, 0.2) is 5.82 Å². The summed E-state index contributed by atoms with van der Waals surface area (Å²) in [5.41, 5.74) is 12.0. The third kappa shape index (κ3) is 3.62. The fourth-order valence-corrected chi connectivity index (χ4v) is 3.50. The number of carbonyl (C=O) groups excluding carboxylic acids is 2. The molecular formula is C22H21N5O2. The predicted molar refractivity (Wildman–Crippen MR) is 113 cm³/mol. The van der Waals surface area contributed by atoms with Crippen LogP contribution in [0.1, 0.15) is 21.5 Å². The van der Waals surface area contributed by atoms with Gasteiger partial charge in [0.05, 0.1) is 5.69 Å². The molecule has 7 heteroatoms. The maximum atomic E-state index is 12.0. The molecule has 0 saturated carbocycles. The molecule has 0 aliphatic carbocycles. The topological polar surface area (TPSA) is 102 Å². The zero-order chi connectivity index (χ0) is 20.5. The largest absolute Gasteiger partial charge is 0.382 e. The van der Waals surface area contributed by atoms with E-state index in [0.717, 1.165) is 34.4 Å². The van der Waals surface area contributed by atoms with Gasteiger partial charge in [-0.1, -0.05) is 18.7 Å². The average Bonchev–Trinajstić information content (AvgIpc) is 3.09. The Morgan fingerprint density at radius 2 is 2.10 bits per heavy atom. The van der Waals surface area contributed by atoms with Crippen molar-refractivity contribution in [1.29, 1.82) is 0 Å². The lowest BCUT2D eigenvalue weighted by molar-refractivity contribution is -0.111. The van der Waals surface area contributed by atoms with Crippen molar-refractivity contribution < 1.29 is 9.59 Å². The molecule has 0 spiro atoms. The number of amides is 2. The molecule has 0 atom stereocenters. The Morgan fingerprint density at radius 1 is 1.28 bits per heavy atom. The molecule has 2 heterocycles. The zero-order valence-electron chi connectivity index (χ0n) is 16.0. The third-order valence-electron chi connectivity index (χ3n) is 4.86. The molecule has 146 valence electrons. The van der Waals surface area contributed by atoms with Gasteiger partial charge in [-0.2, -0.15) is 5.10 Å². The van der Waals surface area contributed by atoms with Gasteiger partial charge in [0.1, 0.15) is 0 Å². The highest BCUT2D eigenvalue weighted by molar-refractivity contribution is 5.99. The van der Waals surface area contributed by atoms with Crippen LogP contribution in [0.5, 0.6) is 0 Å². The van der Waals surface area contributed by atoms with Crippen molar-refractivity contribution >= 4 is 23.3 Å². The first kappa shape index (κ1) is 18.5. The molecule has 0 bridgehead atoms. The van der Waals surface area contributed by atoms with Crippen LogP contribution in [-0.4, -0.2) is 28.1 Å². The summed E-state index contributed by atoms with van der Waals surface area (Å²) >= 11 is 0. The third-order valence-corrected chi connectivity index (χ3v) is 4.86. The number of hydrogen-bond acceptors (Lipinski definition) is 4. The predicted octanol–water partition coefficient (Wildman–Crippen LogP) is 2.84. The summed E-state index contributed by atoms with van der Waals surface area (Å²) in [6, 6.07) is 11.3. The van der Waals surface area contributed by atoms with E-state index in [4.69, 9.17) is 5.73 Å². The first-order chi connectivity index (χ1) is 13.9. The number of carbonyl (C=O) groups is 2. The number of anilines is 2. The first-order valence-electron chi connectivity index (χ1n) is 9.27. The van der Waals surface area contributed by atoms with Crippen molar-refractivity contribution in [3.8, 4) is 16.8 Å². The van der Waals surface area contributed by atoms with Crippen LogP contribution in [-0.2, 0) is 11.2 Å². The molecular weight excluding hydrogens is 366 g/mol. The minimum Gasteiger partial charge on any atom is -0.382 e. The summed E-state index contributed by atoms with van der Waals surface area (Å²) in [5, 5.41) is 10.1. The van der Waals surface area contributed by atoms with Crippen molar-refractivity contribution in [2.24, 2.45) is 0 Å². The second-order valence-corrected chi connectivity index (χ2v) is 7.00. The number of nitrogens with zero attached hydrogens (tertiary/aromatic N) is 2. The first-order valence-corrected chi connectivity index (χ1v) is 9.27. The number of aromatic nitrogens is 2. The molecule has 2 aromatic carbocycles. The highest BCUT2D eigenvalue weighted by Gasteiger charge is 2.18. The van der Waals surface area contributed by atoms with E-state index in [1.165, 1.54) is 6.08 Å². The number of benzene rings is 2. The molecule has 7 nitrogen and oxygen atoms in total. The van der Waals surface area contributed by atoms with E-state index in [1.54, 1.807) is 4.68 Å². The van der Waals surface area contributed by atoms with Crippen molar-refractivity contribution in [3.05, 3.63) is 71.9 Å². The van der Waals surface area contributed by atoms with Crippen molar-refractivity contribution in [1.82, 2.24) is 15.1 Å². The van der Waals surface area contributed by atoms with Crippen molar-refractivity contribution in [3.63, 3.8) is 0 Å². The smallest absolute Gasteiger partial charge is 0.251 e. The van der Waals surface area contributed by atoms with Crippen LogP contribution in [0.3, 0.4) is 0 Å². The van der Waals surface area contributed by atoms with Gasteiger partial charge < -0.3 is 16.4 Å². The summed E-state index contributed by atoms with van der Waals surface area (Å²) in [4.78, 5) is 23.6. The number of nitrogens with one attached hydrogen (secondary N) is 2. The molecule has 1 aromatic heterocycles. The van der Waals surface area contributed by atoms with Crippen LogP contribution in [0.25, 0.3) is 16.8 Å². The molecule has 4 rings (SSSR count). The quantitative estimate of drug-likeness (QED) is 0.599. The van der Waals surface area contributed by atoms with Gasteiger partial charge in [0, 0.05) is 29.6 Å². The molecule has 1 aliphatic heterocycles. The highest BCUT2D eigenvalue weighted by atomic mass is 16.2. The normalized spacial score (nSPS) is 12.8. The standard InChI is InChI=1S/C22H21N5O2/c1-3-20(28)25-16-8-13(2)9-17(11-16)27-12-19(21(23)26-27)14-4-5-18-15(10-14)6-7-24-22(18)29/h3-5,8-12H,1,6-7H2,2H3,(H2,23,26)(H,24,29)(H,25,28). The van der Waals surface area contributed by atoms with Crippen LogP contribution in [0.15, 0.2) is 55.3 Å². The Labute approximate surface area is 168 Å². The Balaban J connectivity index is 1.71. The molecule has 4 N–H and O–H groups in total. The lowest BCUT2D eigenvalue weighted by atomic mass is 9.96. The second kappa shape index (κ2) is 7.27. The Bertz CT molecular complexity index is 1150. The van der Waals surface area contributed by atoms with E-state index in [2.05, 4.69) is 22.3 Å². The average molecular weight is 387 g/mol. The van der Waals surface area contributed by atoms with Gasteiger partial charge in [0.25, 0.3) is 5.91 Å². The van der Waals surface area contributed by atoms with E-state index in [0.29, 0.717) is 23.6 Å². The summed E-state index contributed by atoms with van der Waals surface area (Å²) in [5.74, 6) is 0.0686. The van der Waals surface area contributed by atoms with E-state index >= 15 is 0 Å². The molecule has 29 heavy (non-hydrogen) atoms. The number of nitrogens with two attached hydrogens (primary N) is 1. The maximum Gasteiger partial charge on any atom is 0.251 e. The molecule has 2 amide bonds. The van der Waals surface area contributed by atoms with Crippen molar-refractivity contribution in [2.45, 2.75) is 13.3 Å². The lowest BCUT2D eigenvalue weighted by Gasteiger charge is -2.17. The Morgan fingerprint density at radius 3 is 2.90 bits per heavy atom. The van der Waals surface area contributed by atoms with Crippen molar-refractivity contribution in [2.75, 3.05) is 17.6 Å². The number of hydrogen-bond donors (Lipinski definition) is 3. The van der Waals surface area contributed by atoms with Gasteiger partial charge in [-0.15, -0.1) is 0 Å². The number of aryl methyl sites for hydroxylation is 1. The van der Waals surface area contributed by atoms with E-state index in [-0.39, 0.29) is 11.8 Å². The maximum absolute atomic E-state index is 12.0. The summed E-state index contributed by atoms with van der Waals surface area (Å²) in [6.45, 7) is 6.04. The Kier molecular flexibility index (Phi) is 4.64. The van der Waals surface area contributed by atoms with Crippen LogP contribution >= 0.6 is 0 Å². The molecule has 3 aromatic rings. The zero-order valence-corrected chi connectivity index (χ0v) is 16.0. The van der Waals surface area contributed by atoms with Crippen LogP contribution in [0.2, 0.25) is 0 Å². The van der Waals surface area contributed by atoms with Gasteiger partial charge in [-0.05, 0) is 60.4 Å². The Hall–Kier alpha value is -3.87.